The normalized spacial score (nSPS) is 15.7. The average molecular weight is 433 g/mol. The van der Waals surface area contributed by atoms with Crippen LogP contribution < -0.4 is 9.64 Å². The molecule has 0 spiro atoms. The van der Waals surface area contributed by atoms with Crippen LogP contribution >= 0.6 is 11.6 Å². The minimum atomic E-state index is -0.569. The summed E-state index contributed by atoms with van der Waals surface area (Å²) in [5, 5.41) is 11.2. The molecule has 1 N–H and O–H groups in total. The highest BCUT2D eigenvalue weighted by Crippen LogP contribution is 2.24. The molecule has 2 aromatic carbocycles. The monoisotopic (exact) mass is 432 g/mol. The number of aliphatic hydroxyl groups is 1. The van der Waals surface area contributed by atoms with Crippen LogP contribution in [0.4, 0.5) is 5.69 Å². The highest BCUT2D eigenvalue weighted by molar-refractivity contribution is 6.31. The predicted octanol–water partition coefficient (Wildman–Crippen LogP) is 2.93. The number of halogens is 1. The Morgan fingerprint density at radius 2 is 1.83 bits per heavy atom. The smallest absolute Gasteiger partial charge is 0.309 e. The van der Waals surface area contributed by atoms with E-state index in [0.29, 0.717) is 12.3 Å². The maximum absolute atomic E-state index is 11.3. The molecule has 6 nitrogen and oxygen atoms in total. The fourth-order valence-electron chi connectivity index (χ4n) is 3.45. The third-order valence-electron chi connectivity index (χ3n) is 5.30. The summed E-state index contributed by atoms with van der Waals surface area (Å²) in [6.45, 7) is 6.36. The number of rotatable bonds is 8. The van der Waals surface area contributed by atoms with Crippen molar-refractivity contribution in [1.29, 1.82) is 0 Å². The van der Waals surface area contributed by atoms with Gasteiger partial charge in [0.1, 0.15) is 18.5 Å². The summed E-state index contributed by atoms with van der Waals surface area (Å²) in [6, 6.07) is 13.4. The quantitative estimate of drug-likeness (QED) is 0.647. The molecular weight excluding hydrogens is 404 g/mol. The number of hydrogen-bond acceptors (Lipinski definition) is 6. The standard InChI is InChI=1S/C23H29ClN2O4/c1-17-3-6-19(14-22(17)24)26-11-9-25(10-12-26)15-20(27)16-30-21-7-4-18(5-8-21)13-23(28)29-2/h3-8,14,20,27H,9-13,15-16H2,1-2H3. The van der Waals surface area contributed by atoms with Gasteiger partial charge in [0.25, 0.3) is 0 Å². The maximum Gasteiger partial charge on any atom is 0.309 e. The number of methoxy groups -OCH3 is 1. The zero-order valence-corrected chi connectivity index (χ0v) is 18.3. The zero-order chi connectivity index (χ0) is 21.5. The van der Waals surface area contributed by atoms with E-state index in [1.54, 1.807) is 12.1 Å². The van der Waals surface area contributed by atoms with E-state index in [2.05, 4.69) is 20.6 Å². The molecule has 0 radical (unpaired) electrons. The Kier molecular flexibility index (Phi) is 7.96. The molecule has 2 aromatic rings. The number of nitrogens with zero attached hydrogens (tertiary/aromatic N) is 2. The van der Waals surface area contributed by atoms with E-state index in [1.165, 1.54) is 7.11 Å². The number of aliphatic hydroxyl groups excluding tert-OH is 1. The first-order valence-electron chi connectivity index (χ1n) is 10.1. The third-order valence-corrected chi connectivity index (χ3v) is 5.71. The average Bonchev–Trinajstić information content (AvgIpc) is 2.75. The second-order valence-corrected chi connectivity index (χ2v) is 7.99. The zero-order valence-electron chi connectivity index (χ0n) is 17.5. The molecule has 0 saturated carbocycles. The molecule has 0 aromatic heterocycles. The Balaban J connectivity index is 1.40. The highest BCUT2D eigenvalue weighted by atomic mass is 35.5. The Bertz CT molecular complexity index is 836. The number of piperazine rings is 1. The van der Waals surface area contributed by atoms with Crippen molar-refractivity contribution in [3.63, 3.8) is 0 Å². The van der Waals surface area contributed by atoms with Crippen LogP contribution in [-0.4, -0.2) is 68.5 Å². The molecule has 1 atom stereocenters. The largest absolute Gasteiger partial charge is 0.491 e. The van der Waals surface area contributed by atoms with Gasteiger partial charge in [-0.25, -0.2) is 0 Å². The van der Waals surface area contributed by atoms with E-state index in [-0.39, 0.29) is 19.0 Å². The van der Waals surface area contributed by atoms with Gasteiger partial charge in [-0.15, -0.1) is 0 Å². The second-order valence-electron chi connectivity index (χ2n) is 7.58. The van der Waals surface area contributed by atoms with E-state index < -0.39 is 6.10 Å². The van der Waals surface area contributed by atoms with Gasteiger partial charge >= 0.3 is 5.97 Å². The van der Waals surface area contributed by atoms with Crippen molar-refractivity contribution in [2.45, 2.75) is 19.4 Å². The summed E-state index contributed by atoms with van der Waals surface area (Å²) in [5.41, 5.74) is 3.09. The molecule has 7 heteroatoms. The lowest BCUT2D eigenvalue weighted by molar-refractivity contribution is -0.139. The molecule has 1 heterocycles. The van der Waals surface area contributed by atoms with Gasteiger partial charge in [0.2, 0.25) is 0 Å². The first-order chi connectivity index (χ1) is 14.4. The van der Waals surface area contributed by atoms with Gasteiger partial charge in [-0.05, 0) is 42.3 Å². The molecular formula is C23H29ClN2O4. The van der Waals surface area contributed by atoms with Gasteiger partial charge in [-0.3, -0.25) is 9.69 Å². The summed E-state index contributed by atoms with van der Waals surface area (Å²) < 4.78 is 10.4. The Hall–Kier alpha value is -2.28. The second kappa shape index (κ2) is 10.7. The van der Waals surface area contributed by atoms with Crippen LogP contribution in [0.25, 0.3) is 0 Å². The number of hydrogen-bond donors (Lipinski definition) is 1. The number of aryl methyl sites for hydroxylation is 1. The fourth-order valence-corrected chi connectivity index (χ4v) is 3.63. The van der Waals surface area contributed by atoms with Crippen molar-refractivity contribution >= 4 is 23.3 Å². The van der Waals surface area contributed by atoms with Gasteiger partial charge in [0, 0.05) is 43.4 Å². The van der Waals surface area contributed by atoms with Gasteiger partial charge < -0.3 is 19.5 Å². The molecule has 3 rings (SSSR count). The van der Waals surface area contributed by atoms with Crippen molar-refractivity contribution in [3.05, 3.63) is 58.6 Å². The number of anilines is 1. The Morgan fingerprint density at radius 1 is 1.13 bits per heavy atom. The molecule has 1 aliphatic heterocycles. The summed E-state index contributed by atoms with van der Waals surface area (Å²) in [7, 11) is 1.37. The third kappa shape index (κ3) is 6.36. The lowest BCUT2D eigenvalue weighted by Gasteiger charge is -2.37. The molecule has 0 aliphatic carbocycles. The van der Waals surface area contributed by atoms with Crippen molar-refractivity contribution < 1.29 is 19.4 Å². The van der Waals surface area contributed by atoms with Crippen molar-refractivity contribution in [3.8, 4) is 5.75 Å². The maximum atomic E-state index is 11.3. The molecule has 1 unspecified atom stereocenters. The van der Waals surface area contributed by atoms with Crippen LogP contribution in [0, 0.1) is 6.92 Å². The van der Waals surface area contributed by atoms with Crippen molar-refractivity contribution in [2.24, 2.45) is 0 Å². The molecule has 30 heavy (non-hydrogen) atoms. The molecule has 162 valence electrons. The minimum Gasteiger partial charge on any atom is -0.491 e. The van der Waals surface area contributed by atoms with Crippen LogP contribution in [0.3, 0.4) is 0 Å². The molecule has 1 fully saturated rings. The van der Waals surface area contributed by atoms with Crippen LogP contribution in [-0.2, 0) is 16.0 Å². The van der Waals surface area contributed by atoms with Gasteiger partial charge in [0.15, 0.2) is 0 Å². The first kappa shape index (κ1) is 22.4. The van der Waals surface area contributed by atoms with Gasteiger partial charge in [-0.1, -0.05) is 29.8 Å². The topological polar surface area (TPSA) is 62.2 Å². The van der Waals surface area contributed by atoms with Crippen molar-refractivity contribution in [2.75, 3.05) is 51.3 Å². The minimum absolute atomic E-state index is 0.226. The lowest BCUT2D eigenvalue weighted by atomic mass is 10.1. The number of carbonyl (C=O) groups excluding carboxylic acids is 1. The Labute approximate surface area is 183 Å². The van der Waals surface area contributed by atoms with Crippen LogP contribution in [0.1, 0.15) is 11.1 Å². The molecule has 1 saturated heterocycles. The molecule has 0 amide bonds. The van der Waals surface area contributed by atoms with E-state index in [4.69, 9.17) is 16.3 Å². The molecule has 0 bridgehead atoms. The number of carbonyl (C=O) groups is 1. The predicted molar refractivity (Wildman–Crippen MR) is 119 cm³/mol. The molecule has 1 aliphatic rings. The summed E-state index contributed by atoms with van der Waals surface area (Å²) >= 11 is 6.25. The fraction of sp³-hybridized carbons (Fsp3) is 0.435. The highest BCUT2D eigenvalue weighted by Gasteiger charge is 2.20. The Morgan fingerprint density at radius 3 is 2.47 bits per heavy atom. The van der Waals surface area contributed by atoms with E-state index >= 15 is 0 Å². The van der Waals surface area contributed by atoms with E-state index in [1.807, 2.05) is 31.2 Å². The lowest BCUT2D eigenvalue weighted by Crippen LogP contribution is -2.49. The van der Waals surface area contributed by atoms with Crippen LogP contribution in [0.5, 0.6) is 5.75 Å². The van der Waals surface area contributed by atoms with E-state index in [9.17, 15) is 9.90 Å². The van der Waals surface area contributed by atoms with Gasteiger partial charge in [0.05, 0.1) is 13.5 Å². The summed E-state index contributed by atoms with van der Waals surface area (Å²) in [5.74, 6) is 0.397. The van der Waals surface area contributed by atoms with E-state index in [0.717, 1.165) is 48.0 Å². The van der Waals surface area contributed by atoms with Crippen LogP contribution in [0.2, 0.25) is 5.02 Å². The number of benzene rings is 2. The van der Waals surface area contributed by atoms with Crippen LogP contribution in [0.15, 0.2) is 42.5 Å². The SMILES string of the molecule is COC(=O)Cc1ccc(OCC(O)CN2CCN(c3ccc(C)c(Cl)c3)CC2)cc1. The first-order valence-corrected chi connectivity index (χ1v) is 10.5. The number of ether oxygens (including phenoxy) is 2. The van der Waals surface area contributed by atoms with Gasteiger partial charge in [-0.2, -0.15) is 0 Å². The summed E-state index contributed by atoms with van der Waals surface area (Å²) in [4.78, 5) is 15.9. The van der Waals surface area contributed by atoms with Crippen molar-refractivity contribution in [1.82, 2.24) is 4.90 Å². The summed E-state index contributed by atoms with van der Waals surface area (Å²) in [6.07, 6.45) is -0.333. The number of esters is 1. The number of β-amino-alcohol motifs (C(OH)–C–C–N with tert-alkyl or cyclic N) is 1.